The van der Waals surface area contributed by atoms with E-state index in [0.717, 1.165) is 37.7 Å². The Hall–Kier alpha value is -7.04. The van der Waals surface area contributed by atoms with Crippen LogP contribution in [0.2, 0.25) is 0 Å². The molecule has 0 fully saturated rings. The topological polar surface area (TPSA) is 35.6 Å². The Morgan fingerprint density at radius 1 is 0.423 bits per heavy atom. The molecule has 8 aromatic carbocycles. The molecule has 0 radical (unpaired) electrons. The fourth-order valence-corrected chi connectivity index (χ4v) is 7.21. The van der Waals surface area contributed by atoms with Crippen molar-refractivity contribution in [3.8, 4) is 34.0 Å². The lowest BCUT2D eigenvalue weighted by Gasteiger charge is -2.12. The highest BCUT2D eigenvalue weighted by Gasteiger charge is 2.20. The number of hydrogen-bond donors (Lipinski definition) is 0. The van der Waals surface area contributed by atoms with Gasteiger partial charge in [-0.25, -0.2) is 9.97 Å². The summed E-state index contributed by atoms with van der Waals surface area (Å²) in [5.41, 5.74) is 2.15. The van der Waals surface area contributed by atoms with Crippen LogP contribution in [0.1, 0.15) is 20.6 Å². The van der Waals surface area contributed by atoms with E-state index in [9.17, 15) is 6.85 Å². The van der Waals surface area contributed by atoms with Crippen LogP contribution in [0.5, 0.6) is 0 Å². The molecule has 0 bridgehead atoms. The summed E-state index contributed by atoms with van der Waals surface area (Å²) >= 11 is 0. The first-order valence-corrected chi connectivity index (χ1v) is 16.5. The van der Waals surface area contributed by atoms with Gasteiger partial charge in [-0.05, 0) is 71.3 Å². The molecule has 0 atom stereocenters. The summed E-state index contributed by atoms with van der Waals surface area (Å²) in [5.74, 6) is 0.494. The van der Waals surface area contributed by atoms with Gasteiger partial charge >= 0.3 is 0 Å². The van der Waals surface area contributed by atoms with Crippen LogP contribution in [-0.2, 0) is 0 Å². The van der Waals surface area contributed by atoms with Gasteiger partial charge in [0.2, 0.25) is 0 Å². The van der Waals surface area contributed by atoms with Gasteiger partial charge in [0.25, 0.3) is 0 Å². The van der Waals surface area contributed by atoms with Crippen molar-refractivity contribution in [3.63, 3.8) is 0 Å². The summed E-state index contributed by atoms with van der Waals surface area (Å²) in [5, 5.41) is 1.79. The third-order valence-electron chi connectivity index (χ3n) is 9.45. The zero-order chi connectivity index (χ0) is 47.2. The van der Waals surface area contributed by atoms with E-state index in [0.29, 0.717) is 16.9 Å². The van der Waals surface area contributed by atoms with Crippen LogP contribution in [0.15, 0.2) is 182 Å². The first-order chi connectivity index (χ1) is 32.0. The minimum atomic E-state index is -0.749. The summed E-state index contributed by atoms with van der Waals surface area (Å²) in [7, 11) is 0. The molecule has 0 saturated carbocycles. The van der Waals surface area contributed by atoms with Gasteiger partial charge < -0.3 is 9.13 Å². The Balaban J connectivity index is 1.24. The van der Waals surface area contributed by atoms with Crippen LogP contribution in [0, 0.1) is 0 Å². The van der Waals surface area contributed by atoms with E-state index < -0.39 is 96.3 Å². The molecule has 0 spiro atoms. The molecule has 0 N–H and O–H groups in total. The summed E-state index contributed by atoms with van der Waals surface area (Å²) in [4.78, 5) is 9.92. The predicted molar refractivity (Wildman–Crippen MR) is 217 cm³/mol. The van der Waals surface area contributed by atoms with Crippen molar-refractivity contribution in [2.75, 3.05) is 0 Å². The summed E-state index contributed by atoms with van der Waals surface area (Å²) in [6.07, 6.45) is 0. The largest absolute Gasteiger partial charge is 0.309 e. The van der Waals surface area contributed by atoms with Crippen LogP contribution < -0.4 is 0 Å². The third-order valence-corrected chi connectivity index (χ3v) is 9.45. The molecule has 0 unspecified atom stereocenters. The Morgan fingerprint density at radius 3 is 1.79 bits per heavy atom. The van der Waals surface area contributed by atoms with Gasteiger partial charge in [0, 0.05) is 49.4 Å². The molecule has 4 heteroatoms. The summed E-state index contributed by atoms with van der Waals surface area (Å²) in [6, 6.07) is 18.8. The average Bonchev–Trinajstić information content (AvgIpc) is 3.89. The van der Waals surface area contributed by atoms with Gasteiger partial charge in [-0.3, -0.25) is 0 Å². The van der Waals surface area contributed by atoms with Gasteiger partial charge in [-0.2, -0.15) is 0 Å². The molecule has 3 aromatic heterocycles. The quantitative estimate of drug-likeness (QED) is 0.186. The highest BCUT2D eigenvalue weighted by molar-refractivity contribution is 6.29. The molecule has 3 heterocycles. The van der Waals surface area contributed by atoms with Crippen LogP contribution in [0.4, 0.5) is 0 Å². The van der Waals surface area contributed by atoms with E-state index in [1.165, 1.54) is 4.57 Å². The van der Waals surface area contributed by atoms with Gasteiger partial charge in [0.1, 0.15) is 0 Å². The monoisotopic (exact) mass is 677 g/mol. The van der Waals surface area contributed by atoms with Gasteiger partial charge in [0.15, 0.2) is 5.82 Å². The van der Waals surface area contributed by atoms with Crippen LogP contribution >= 0.6 is 0 Å². The first kappa shape index (κ1) is 17.8. The van der Waals surface area contributed by atoms with Crippen LogP contribution in [0.3, 0.4) is 0 Å². The number of aromatic nitrogens is 4. The number of hydrogen-bond acceptors (Lipinski definition) is 2. The smallest absolute Gasteiger partial charge is 0.160 e. The molecule has 52 heavy (non-hydrogen) atoms. The van der Waals surface area contributed by atoms with E-state index in [1.807, 2.05) is 72.8 Å². The number of para-hydroxylation sites is 4. The lowest BCUT2D eigenvalue weighted by molar-refractivity contribution is 1.17. The molecular formula is C48H30N4. The molecule has 0 aliphatic rings. The summed E-state index contributed by atoms with van der Waals surface area (Å²) in [6.45, 7) is 0. The normalized spacial score (nSPS) is 15.9. The average molecular weight is 678 g/mol. The second-order valence-corrected chi connectivity index (χ2v) is 12.3. The van der Waals surface area contributed by atoms with E-state index >= 15 is 0 Å². The fraction of sp³-hybridized carbons (Fsp3) is 0. The van der Waals surface area contributed by atoms with Gasteiger partial charge in [-0.15, -0.1) is 0 Å². The zero-order valence-electron chi connectivity index (χ0n) is 41.9. The molecule has 4 nitrogen and oxygen atoms in total. The SMILES string of the molecule is [2H]c1c([2H])c([2H])c(-n2c3c([2H])c([2H])c([2H])c([2H])c3c3c4c5c([2H])c([2H])c([2H])c([2H])c5n(-c5ccc6cc(-c7nc(-c8ccccc8)c8ccccc8n7)ccc6c5)c4c([2H])c([2H])c32)c([2H])c1[2H]. The van der Waals surface area contributed by atoms with E-state index in [4.69, 9.17) is 23.7 Å². The molecule has 0 aliphatic heterocycles. The Labute approximate surface area is 320 Å². The van der Waals surface area contributed by atoms with E-state index in [-0.39, 0.29) is 43.6 Å². The Morgan fingerprint density at radius 2 is 1.04 bits per heavy atom. The minimum absolute atomic E-state index is 0.0581. The fourth-order valence-electron chi connectivity index (χ4n) is 7.21. The van der Waals surface area contributed by atoms with Crippen molar-refractivity contribution >= 4 is 65.3 Å². The second kappa shape index (κ2) is 11.2. The van der Waals surface area contributed by atoms with Gasteiger partial charge in [0.05, 0.1) is 53.8 Å². The minimum Gasteiger partial charge on any atom is -0.309 e. The highest BCUT2D eigenvalue weighted by Crippen LogP contribution is 2.42. The number of benzene rings is 8. The number of rotatable bonds is 4. The van der Waals surface area contributed by atoms with Crippen molar-refractivity contribution in [2.45, 2.75) is 0 Å². The number of fused-ring (bicyclic) bond motifs is 9. The Bertz CT molecular complexity index is 4020. The molecule has 242 valence electrons. The van der Waals surface area contributed by atoms with Crippen molar-refractivity contribution in [2.24, 2.45) is 0 Å². The lowest BCUT2D eigenvalue weighted by atomic mass is 10.0. The van der Waals surface area contributed by atoms with E-state index in [2.05, 4.69) is 0 Å². The predicted octanol–water partition coefficient (Wildman–Crippen LogP) is 12.3. The zero-order valence-corrected chi connectivity index (χ0v) is 26.9. The molecular weight excluding hydrogens is 633 g/mol. The first-order valence-electron chi connectivity index (χ1n) is 24.0. The third kappa shape index (κ3) is 4.28. The maximum Gasteiger partial charge on any atom is 0.160 e. The van der Waals surface area contributed by atoms with E-state index in [1.54, 1.807) is 18.2 Å². The standard InChI is InChI=1S/C48H30N4/c1-3-13-31(14-4-1)47-37-17-7-10-20-40(37)49-48(50-47)34-24-23-33-30-36(26-25-32(33)29-34)52-42-22-12-9-19-39(42)46-44(52)28-27-43-45(46)38-18-8-11-21-41(38)51(43)35-15-5-2-6-16-35/h1-30H/i2D,5D,6D,8D,9D,11D,12D,15D,16D,18D,19D,21D,22D,27D,28D. The number of nitrogens with zero attached hydrogens (tertiary/aromatic N) is 4. The van der Waals surface area contributed by atoms with Crippen molar-refractivity contribution < 1.29 is 20.6 Å². The Kier molecular flexibility index (Phi) is 3.84. The van der Waals surface area contributed by atoms with Gasteiger partial charge in [-0.1, -0.05) is 121 Å². The molecule has 11 rings (SSSR count). The van der Waals surface area contributed by atoms with Crippen molar-refractivity contribution in [1.82, 2.24) is 19.1 Å². The van der Waals surface area contributed by atoms with Crippen LogP contribution in [0.25, 0.3) is 99.3 Å². The maximum atomic E-state index is 9.70. The molecule has 0 amide bonds. The molecule has 11 aromatic rings. The maximum absolute atomic E-state index is 9.70. The molecule has 0 saturated heterocycles. The van der Waals surface area contributed by atoms with Crippen molar-refractivity contribution in [3.05, 3.63) is 182 Å². The highest BCUT2D eigenvalue weighted by atomic mass is 15.0. The van der Waals surface area contributed by atoms with Crippen LogP contribution in [-0.4, -0.2) is 19.1 Å². The second-order valence-electron chi connectivity index (χ2n) is 12.3. The van der Waals surface area contributed by atoms with Crippen molar-refractivity contribution in [1.29, 1.82) is 0 Å². The molecule has 0 aliphatic carbocycles. The lowest BCUT2D eigenvalue weighted by Crippen LogP contribution is -1.96. The summed E-state index contributed by atoms with van der Waals surface area (Å²) < 4.78 is 137.